The number of phenolic OH excluding ortho intramolecular Hbond substituents is 1. The molecule has 1 unspecified atom stereocenters. The van der Waals surface area contributed by atoms with E-state index in [9.17, 15) is 5.11 Å². The van der Waals surface area contributed by atoms with Gasteiger partial charge in [-0.15, -0.1) is 0 Å². The summed E-state index contributed by atoms with van der Waals surface area (Å²) in [5.74, 6) is 0.426. The summed E-state index contributed by atoms with van der Waals surface area (Å²) in [5, 5.41) is 10.1. The molecule has 1 aromatic carbocycles. The molecule has 0 radical (unpaired) electrons. The van der Waals surface area contributed by atoms with Gasteiger partial charge in [-0.3, -0.25) is 4.90 Å². The van der Waals surface area contributed by atoms with Crippen molar-refractivity contribution in [1.29, 1.82) is 0 Å². The summed E-state index contributed by atoms with van der Waals surface area (Å²) in [6, 6.07) is 8.57. The molecule has 0 aliphatic rings. The van der Waals surface area contributed by atoms with Gasteiger partial charge in [0.25, 0.3) is 0 Å². The van der Waals surface area contributed by atoms with E-state index >= 15 is 0 Å². The molecule has 2 nitrogen and oxygen atoms in total. The molecule has 108 valence electrons. The smallest absolute Gasteiger partial charge is 0.120 e. The molecule has 0 aliphatic carbocycles. The van der Waals surface area contributed by atoms with Crippen molar-refractivity contribution < 1.29 is 5.11 Å². The lowest BCUT2D eigenvalue weighted by Crippen LogP contribution is -2.35. The molecular weight excluding hydrogens is 234 g/mol. The molecule has 19 heavy (non-hydrogen) atoms. The van der Waals surface area contributed by atoms with E-state index in [1.165, 1.54) is 19.3 Å². The van der Waals surface area contributed by atoms with Crippen molar-refractivity contribution in [2.24, 2.45) is 0 Å². The first-order valence-corrected chi connectivity index (χ1v) is 7.65. The van der Waals surface area contributed by atoms with Gasteiger partial charge >= 0.3 is 0 Å². The van der Waals surface area contributed by atoms with E-state index in [1.54, 1.807) is 6.07 Å². The Kier molecular flexibility index (Phi) is 6.93. The molecule has 0 saturated heterocycles. The summed E-state index contributed by atoms with van der Waals surface area (Å²) in [4.78, 5) is 2.52. The summed E-state index contributed by atoms with van der Waals surface area (Å²) >= 11 is 0. The average molecular weight is 263 g/mol. The van der Waals surface area contributed by atoms with Crippen LogP contribution in [0.3, 0.4) is 0 Å². The standard InChI is InChI=1S/C17H29NO/c1-5-7-10-13-18(14(3)4)16(6-2)15-11-8-9-12-17(15)19/h8-9,11-12,14,16,19H,5-7,10,13H2,1-4H3. The summed E-state index contributed by atoms with van der Waals surface area (Å²) < 4.78 is 0. The number of hydrogen-bond donors (Lipinski definition) is 1. The van der Waals surface area contributed by atoms with Gasteiger partial charge in [0.2, 0.25) is 0 Å². The number of aromatic hydroxyl groups is 1. The Morgan fingerprint density at radius 2 is 1.79 bits per heavy atom. The maximum absolute atomic E-state index is 10.1. The highest BCUT2D eigenvalue weighted by molar-refractivity contribution is 5.34. The SMILES string of the molecule is CCCCCN(C(C)C)C(CC)c1ccccc1O. The van der Waals surface area contributed by atoms with Crippen molar-refractivity contribution in [3.8, 4) is 5.75 Å². The Balaban J connectivity index is 2.87. The largest absolute Gasteiger partial charge is 0.508 e. The van der Waals surface area contributed by atoms with Gasteiger partial charge in [-0.25, -0.2) is 0 Å². The van der Waals surface area contributed by atoms with Crippen LogP contribution in [0.15, 0.2) is 24.3 Å². The number of benzene rings is 1. The first kappa shape index (κ1) is 16.0. The highest BCUT2D eigenvalue weighted by Gasteiger charge is 2.22. The predicted molar refractivity (Wildman–Crippen MR) is 82.5 cm³/mol. The first-order chi connectivity index (χ1) is 9.11. The second-order valence-corrected chi connectivity index (χ2v) is 5.52. The van der Waals surface area contributed by atoms with Crippen LogP contribution >= 0.6 is 0 Å². The molecular formula is C17H29NO. The molecule has 1 rings (SSSR count). The van der Waals surface area contributed by atoms with Crippen LogP contribution in [0.25, 0.3) is 0 Å². The zero-order valence-electron chi connectivity index (χ0n) is 12.9. The van der Waals surface area contributed by atoms with Gasteiger partial charge < -0.3 is 5.11 Å². The molecule has 1 atom stereocenters. The molecule has 0 heterocycles. The van der Waals surface area contributed by atoms with Crippen LogP contribution in [0.5, 0.6) is 5.75 Å². The van der Waals surface area contributed by atoms with Gasteiger partial charge in [0, 0.05) is 17.6 Å². The predicted octanol–water partition coefficient (Wildman–Crippen LogP) is 4.74. The highest BCUT2D eigenvalue weighted by Crippen LogP contribution is 2.32. The maximum atomic E-state index is 10.1. The van der Waals surface area contributed by atoms with E-state index in [2.05, 4.69) is 38.7 Å². The Labute approximate surface area is 118 Å². The number of phenols is 1. The highest BCUT2D eigenvalue weighted by atomic mass is 16.3. The zero-order chi connectivity index (χ0) is 14.3. The van der Waals surface area contributed by atoms with Gasteiger partial charge in [-0.2, -0.15) is 0 Å². The summed E-state index contributed by atoms with van der Waals surface area (Å²) in [5.41, 5.74) is 1.06. The summed E-state index contributed by atoms with van der Waals surface area (Å²) in [6.07, 6.45) is 4.79. The Bertz CT molecular complexity index is 362. The van der Waals surface area contributed by atoms with Crippen LogP contribution in [0.2, 0.25) is 0 Å². The van der Waals surface area contributed by atoms with E-state index in [-0.39, 0.29) is 0 Å². The number of nitrogens with zero attached hydrogens (tertiary/aromatic N) is 1. The van der Waals surface area contributed by atoms with Crippen LogP contribution < -0.4 is 0 Å². The van der Waals surface area contributed by atoms with Crippen molar-refractivity contribution in [2.45, 2.75) is 65.5 Å². The third kappa shape index (κ3) is 4.54. The monoisotopic (exact) mass is 263 g/mol. The van der Waals surface area contributed by atoms with Gasteiger partial charge in [0.05, 0.1) is 0 Å². The summed E-state index contributed by atoms with van der Waals surface area (Å²) in [6.45, 7) is 10.0. The van der Waals surface area contributed by atoms with Gasteiger partial charge in [-0.1, -0.05) is 44.9 Å². The van der Waals surface area contributed by atoms with Crippen LogP contribution in [-0.4, -0.2) is 22.6 Å². The minimum absolute atomic E-state index is 0.318. The van der Waals surface area contributed by atoms with Crippen LogP contribution in [0.1, 0.15) is 65.0 Å². The van der Waals surface area contributed by atoms with E-state index in [1.807, 2.05) is 12.1 Å². The quantitative estimate of drug-likeness (QED) is 0.684. The summed E-state index contributed by atoms with van der Waals surface area (Å²) in [7, 11) is 0. The van der Waals surface area contributed by atoms with Crippen LogP contribution in [0, 0.1) is 0 Å². The van der Waals surface area contributed by atoms with Crippen LogP contribution in [0.4, 0.5) is 0 Å². The van der Waals surface area contributed by atoms with Gasteiger partial charge in [0.1, 0.15) is 5.75 Å². The molecule has 0 amide bonds. The number of unbranched alkanes of at least 4 members (excludes halogenated alkanes) is 2. The molecule has 0 fully saturated rings. The van der Waals surface area contributed by atoms with E-state index in [0.29, 0.717) is 17.8 Å². The molecule has 0 spiro atoms. The Morgan fingerprint density at radius 3 is 2.32 bits per heavy atom. The Hall–Kier alpha value is -1.02. The molecule has 0 aromatic heterocycles. The fraction of sp³-hybridized carbons (Fsp3) is 0.647. The van der Waals surface area contributed by atoms with E-state index in [4.69, 9.17) is 0 Å². The van der Waals surface area contributed by atoms with Gasteiger partial charge in [0.15, 0.2) is 0 Å². The molecule has 0 bridgehead atoms. The topological polar surface area (TPSA) is 23.5 Å². The lowest BCUT2D eigenvalue weighted by atomic mass is 9.99. The van der Waals surface area contributed by atoms with E-state index < -0.39 is 0 Å². The van der Waals surface area contributed by atoms with Gasteiger partial charge in [-0.05, 0) is 39.3 Å². The zero-order valence-corrected chi connectivity index (χ0v) is 12.9. The lowest BCUT2D eigenvalue weighted by Gasteiger charge is -2.35. The second kappa shape index (κ2) is 8.21. The molecule has 1 aromatic rings. The maximum Gasteiger partial charge on any atom is 0.120 e. The molecule has 2 heteroatoms. The van der Waals surface area contributed by atoms with Crippen molar-refractivity contribution in [1.82, 2.24) is 4.90 Å². The van der Waals surface area contributed by atoms with E-state index in [0.717, 1.165) is 18.5 Å². The minimum Gasteiger partial charge on any atom is -0.508 e. The molecule has 1 N–H and O–H groups in total. The lowest BCUT2D eigenvalue weighted by molar-refractivity contribution is 0.143. The normalized spacial score (nSPS) is 13.2. The fourth-order valence-corrected chi connectivity index (χ4v) is 2.72. The third-order valence-electron chi connectivity index (χ3n) is 3.77. The Morgan fingerprint density at radius 1 is 1.11 bits per heavy atom. The van der Waals surface area contributed by atoms with Crippen molar-refractivity contribution >= 4 is 0 Å². The fourth-order valence-electron chi connectivity index (χ4n) is 2.72. The first-order valence-electron chi connectivity index (χ1n) is 7.65. The third-order valence-corrected chi connectivity index (χ3v) is 3.77. The van der Waals surface area contributed by atoms with Crippen LogP contribution in [-0.2, 0) is 0 Å². The molecule has 0 aliphatic heterocycles. The number of rotatable bonds is 8. The number of hydrogen-bond acceptors (Lipinski definition) is 2. The van der Waals surface area contributed by atoms with Crippen molar-refractivity contribution in [2.75, 3.05) is 6.54 Å². The number of para-hydroxylation sites is 1. The average Bonchev–Trinajstić information content (AvgIpc) is 2.39. The minimum atomic E-state index is 0.318. The molecule has 0 saturated carbocycles. The second-order valence-electron chi connectivity index (χ2n) is 5.52. The van der Waals surface area contributed by atoms with Crippen molar-refractivity contribution in [3.63, 3.8) is 0 Å². The van der Waals surface area contributed by atoms with Crippen molar-refractivity contribution in [3.05, 3.63) is 29.8 Å².